The van der Waals surface area contributed by atoms with E-state index in [0.717, 1.165) is 38.6 Å². The number of nitrogens with zero attached hydrogens (tertiary/aromatic N) is 2. The molecule has 0 saturated heterocycles. The zero-order chi connectivity index (χ0) is 28.2. The largest absolute Gasteiger partial charge is 0.192 e. The van der Waals surface area contributed by atoms with E-state index < -0.39 is 0 Å². The van der Waals surface area contributed by atoms with Gasteiger partial charge in [0.15, 0.2) is 0 Å². The molecule has 0 radical (unpaired) electrons. The van der Waals surface area contributed by atoms with Gasteiger partial charge in [0, 0.05) is 5.39 Å². The normalized spacial score (nSPS) is 11.3. The summed E-state index contributed by atoms with van der Waals surface area (Å²) in [5.74, 6) is 0. The van der Waals surface area contributed by atoms with Crippen LogP contribution in [-0.2, 0) is 0 Å². The first-order chi connectivity index (χ1) is 20.8. The van der Waals surface area contributed by atoms with Crippen LogP contribution in [0, 0.1) is 22.7 Å². The van der Waals surface area contributed by atoms with Gasteiger partial charge < -0.3 is 0 Å². The maximum atomic E-state index is 9.98. The Bertz CT molecular complexity index is 2280. The van der Waals surface area contributed by atoms with Crippen LogP contribution in [0.5, 0.6) is 0 Å². The summed E-state index contributed by atoms with van der Waals surface area (Å²) in [5.41, 5.74) is 13.0. The Balaban J connectivity index is 1.58. The van der Waals surface area contributed by atoms with Crippen molar-refractivity contribution in [1.82, 2.24) is 0 Å². The molecule has 1 aliphatic carbocycles. The molecule has 0 amide bonds. The van der Waals surface area contributed by atoms with Crippen LogP contribution in [0.4, 0.5) is 0 Å². The van der Waals surface area contributed by atoms with Crippen molar-refractivity contribution in [3.05, 3.63) is 145 Å². The van der Waals surface area contributed by atoms with Gasteiger partial charge in [-0.15, -0.1) is 0 Å². The summed E-state index contributed by atoms with van der Waals surface area (Å²) in [5, 5.41) is 23.8. The molecule has 42 heavy (non-hydrogen) atoms. The van der Waals surface area contributed by atoms with Gasteiger partial charge >= 0.3 is 0 Å². The third-order valence-corrected chi connectivity index (χ3v) is 8.48. The van der Waals surface area contributed by atoms with E-state index in [1.807, 2.05) is 30.3 Å². The Labute approximate surface area is 244 Å². The number of nitriles is 2. The Kier molecular flexibility index (Phi) is 5.29. The Hall–Kier alpha value is -5.96. The van der Waals surface area contributed by atoms with E-state index in [1.54, 1.807) is 0 Å². The summed E-state index contributed by atoms with van der Waals surface area (Å²) in [4.78, 5) is 0. The number of hydrogen-bond acceptors (Lipinski definition) is 2. The van der Waals surface area contributed by atoms with E-state index in [4.69, 9.17) is 0 Å². The van der Waals surface area contributed by atoms with Crippen LogP contribution in [0.2, 0.25) is 0 Å². The average Bonchev–Trinajstić information content (AvgIpc) is 3.39. The van der Waals surface area contributed by atoms with Gasteiger partial charge in [0.2, 0.25) is 0 Å². The molecule has 7 aromatic carbocycles. The fourth-order valence-corrected chi connectivity index (χ4v) is 6.67. The second kappa shape index (κ2) is 9.31. The predicted molar refractivity (Wildman–Crippen MR) is 172 cm³/mol. The molecule has 2 nitrogen and oxygen atoms in total. The van der Waals surface area contributed by atoms with Crippen LogP contribution in [-0.4, -0.2) is 0 Å². The number of fused-ring (bicyclic) bond motifs is 4. The fourth-order valence-electron chi connectivity index (χ4n) is 6.67. The van der Waals surface area contributed by atoms with Gasteiger partial charge in [-0.2, -0.15) is 10.5 Å². The molecule has 0 saturated carbocycles. The minimum atomic E-state index is 0.649. The lowest BCUT2D eigenvalue weighted by molar-refractivity contribution is 1.48. The molecular weight excluding hydrogens is 508 g/mol. The molecule has 0 spiro atoms. The van der Waals surface area contributed by atoms with Crippen LogP contribution in [0.1, 0.15) is 11.1 Å². The van der Waals surface area contributed by atoms with Gasteiger partial charge in [-0.1, -0.05) is 109 Å². The summed E-state index contributed by atoms with van der Waals surface area (Å²) in [6.45, 7) is 0. The van der Waals surface area contributed by atoms with Crippen LogP contribution < -0.4 is 0 Å². The van der Waals surface area contributed by atoms with Crippen LogP contribution in [0.15, 0.2) is 133 Å². The second-order valence-corrected chi connectivity index (χ2v) is 10.7. The van der Waals surface area contributed by atoms with Crippen LogP contribution in [0.25, 0.3) is 77.2 Å². The summed E-state index contributed by atoms with van der Waals surface area (Å²) >= 11 is 0. The van der Waals surface area contributed by atoms with Gasteiger partial charge in [-0.3, -0.25) is 0 Å². The average molecular weight is 531 g/mol. The fraction of sp³-hybridized carbons (Fsp3) is 0. The van der Waals surface area contributed by atoms with Crippen molar-refractivity contribution in [2.45, 2.75) is 0 Å². The highest BCUT2D eigenvalue weighted by Crippen LogP contribution is 2.58. The molecule has 0 fully saturated rings. The highest BCUT2D eigenvalue weighted by molar-refractivity contribution is 6.28. The first kappa shape index (κ1) is 23.9. The number of benzene rings is 7. The van der Waals surface area contributed by atoms with Crippen molar-refractivity contribution in [3.8, 4) is 67.8 Å². The van der Waals surface area contributed by atoms with Crippen molar-refractivity contribution < 1.29 is 0 Å². The Morgan fingerprint density at radius 2 is 1.00 bits per heavy atom. The molecule has 0 aliphatic heterocycles. The molecular formula is C40H22N2. The van der Waals surface area contributed by atoms with Crippen molar-refractivity contribution in [2.75, 3.05) is 0 Å². The smallest absolute Gasteiger partial charge is 0.0998 e. The maximum absolute atomic E-state index is 9.98. The molecule has 0 unspecified atom stereocenters. The Morgan fingerprint density at radius 1 is 0.381 bits per heavy atom. The van der Waals surface area contributed by atoms with Crippen LogP contribution in [0.3, 0.4) is 0 Å². The third-order valence-electron chi connectivity index (χ3n) is 8.48. The first-order valence-electron chi connectivity index (χ1n) is 14.0. The van der Waals surface area contributed by atoms with Crippen molar-refractivity contribution >= 4 is 21.5 Å². The van der Waals surface area contributed by atoms with E-state index in [1.165, 1.54) is 38.6 Å². The molecule has 0 atom stereocenters. The van der Waals surface area contributed by atoms with E-state index >= 15 is 0 Å². The molecule has 192 valence electrons. The van der Waals surface area contributed by atoms with Gasteiger partial charge in [-0.25, -0.2) is 0 Å². The first-order valence-corrected chi connectivity index (χ1v) is 14.0. The van der Waals surface area contributed by atoms with Gasteiger partial charge in [-0.05, 0) is 96.1 Å². The predicted octanol–water partition coefficient (Wildman–Crippen LogP) is 10.4. The summed E-state index contributed by atoms with van der Waals surface area (Å²) < 4.78 is 0. The lowest BCUT2D eigenvalue weighted by atomic mass is 9.82. The summed E-state index contributed by atoms with van der Waals surface area (Å²) in [6.07, 6.45) is 0. The molecule has 7 aromatic rings. The van der Waals surface area contributed by atoms with Crippen LogP contribution >= 0.6 is 0 Å². The highest BCUT2D eigenvalue weighted by atomic mass is 14.3. The quantitative estimate of drug-likeness (QED) is 0.228. The van der Waals surface area contributed by atoms with Crippen molar-refractivity contribution in [2.24, 2.45) is 0 Å². The minimum Gasteiger partial charge on any atom is -0.192 e. The van der Waals surface area contributed by atoms with E-state index in [0.29, 0.717) is 11.1 Å². The SMILES string of the molecule is N#Cc1ccc(-c2ccc3c(-c4ccccc4)c4c(c(-c5ccccc5)c3c2)-c2ccc(C#N)c3cccc-4c23)cc1. The lowest BCUT2D eigenvalue weighted by Gasteiger charge is -2.21. The van der Waals surface area contributed by atoms with Gasteiger partial charge in [0.1, 0.15) is 0 Å². The molecule has 8 rings (SSSR count). The van der Waals surface area contributed by atoms with Crippen molar-refractivity contribution in [1.29, 1.82) is 10.5 Å². The van der Waals surface area contributed by atoms with Crippen molar-refractivity contribution in [3.63, 3.8) is 0 Å². The number of rotatable bonds is 3. The monoisotopic (exact) mass is 530 g/mol. The topological polar surface area (TPSA) is 47.6 Å². The molecule has 0 heterocycles. The van der Waals surface area contributed by atoms with E-state index in [2.05, 4.69) is 115 Å². The molecule has 1 aliphatic rings. The summed E-state index contributed by atoms with van der Waals surface area (Å²) in [6, 6.07) is 50.9. The second-order valence-electron chi connectivity index (χ2n) is 10.7. The third kappa shape index (κ3) is 3.43. The van der Waals surface area contributed by atoms with Gasteiger partial charge in [0.05, 0.1) is 23.3 Å². The van der Waals surface area contributed by atoms with Gasteiger partial charge in [0.25, 0.3) is 0 Å². The van der Waals surface area contributed by atoms with E-state index in [-0.39, 0.29) is 0 Å². The molecule has 0 N–H and O–H groups in total. The highest BCUT2D eigenvalue weighted by Gasteiger charge is 2.31. The molecule has 0 aromatic heterocycles. The van der Waals surface area contributed by atoms with E-state index in [9.17, 15) is 10.5 Å². The summed E-state index contributed by atoms with van der Waals surface area (Å²) in [7, 11) is 0. The minimum absolute atomic E-state index is 0.649. The standard InChI is InChI=1S/C40H22N2/c41-23-25-14-16-26(17-15-25)29-18-20-32-35(22-29)37(28-10-5-2-6-11-28)40-34-21-19-30(24-42)31-12-7-13-33(38(31)34)39(40)36(32)27-8-3-1-4-9-27/h1-22H. The molecule has 0 bridgehead atoms. The lowest BCUT2D eigenvalue weighted by Crippen LogP contribution is -1.94. The number of hydrogen-bond donors (Lipinski definition) is 0. The molecule has 2 heteroatoms. The zero-order valence-electron chi connectivity index (χ0n) is 22.6. The Morgan fingerprint density at radius 3 is 1.64 bits per heavy atom. The zero-order valence-corrected chi connectivity index (χ0v) is 22.6. The maximum Gasteiger partial charge on any atom is 0.0998 e.